The maximum Gasteiger partial charge on any atom is 0.0702 e. The Balaban J connectivity index is 2.17. The standard InChI is InChI=1S/C11H24N2O2/c1-3-12-10(9-14)7-13(2)8-11-5-4-6-15-11/h10-12,14H,3-9H2,1-2H3. The van der Waals surface area contributed by atoms with Crippen molar-refractivity contribution >= 4 is 0 Å². The molecule has 4 heteroatoms. The number of aliphatic hydroxyl groups is 1. The maximum atomic E-state index is 9.15. The van der Waals surface area contributed by atoms with E-state index in [4.69, 9.17) is 9.84 Å². The molecule has 1 aliphatic rings. The van der Waals surface area contributed by atoms with Crippen molar-refractivity contribution in [3.63, 3.8) is 0 Å². The number of rotatable bonds is 7. The van der Waals surface area contributed by atoms with Crippen molar-refractivity contribution in [1.29, 1.82) is 0 Å². The molecule has 1 rings (SSSR count). The summed E-state index contributed by atoms with van der Waals surface area (Å²) >= 11 is 0. The lowest BCUT2D eigenvalue weighted by Gasteiger charge is -2.25. The molecule has 2 N–H and O–H groups in total. The number of aliphatic hydroxyl groups excluding tert-OH is 1. The van der Waals surface area contributed by atoms with E-state index in [0.29, 0.717) is 6.10 Å². The molecule has 0 aromatic rings. The quantitative estimate of drug-likeness (QED) is 0.632. The molecular formula is C11H24N2O2. The van der Waals surface area contributed by atoms with Crippen LogP contribution in [0.25, 0.3) is 0 Å². The molecular weight excluding hydrogens is 192 g/mol. The summed E-state index contributed by atoms with van der Waals surface area (Å²) in [6, 6.07) is 0.182. The molecule has 4 nitrogen and oxygen atoms in total. The Morgan fingerprint density at radius 3 is 2.93 bits per heavy atom. The second kappa shape index (κ2) is 7.17. The van der Waals surface area contributed by atoms with Crippen molar-refractivity contribution in [2.45, 2.75) is 31.9 Å². The monoisotopic (exact) mass is 216 g/mol. The molecule has 0 bridgehead atoms. The van der Waals surface area contributed by atoms with E-state index in [-0.39, 0.29) is 12.6 Å². The summed E-state index contributed by atoms with van der Waals surface area (Å²) in [6.07, 6.45) is 2.76. The molecule has 90 valence electrons. The second-order valence-corrected chi connectivity index (χ2v) is 4.29. The van der Waals surface area contributed by atoms with Gasteiger partial charge in [-0.25, -0.2) is 0 Å². The van der Waals surface area contributed by atoms with Crippen LogP contribution in [-0.2, 0) is 4.74 Å². The van der Waals surface area contributed by atoms with Crippen molar-refractivity contribution in [1.82, 2.24) is 10.2 Å². The summed E-state index contributed by atoms with van der Waals surface area (Å²) in [5, 5.41) is 12.4. The van der Waals surface area contributed by atoms with Crippen LogP contribution < -0.4 is 5.32 Å². The zero-order valence-corrected chi connectivity index (χ0v) is 9.91. The third-order valence-corrected chi connectivity index (χ3v) is 2.78. The van der Waals surface area contributed by atoms with E-state index in [1.165, 1.54) is 12.8 Å². The number of ether oxygens (including phenoxy) is 1. The molecule has 0 saturated carbocycles. The van der Waals surface area contributed by atoms with Gasteiger partial charge in [0.2, 0.25) is 0 Å². The molecule has 0 spiro atoms. The molecule has 0 amide bonds. The summed E-state index contributed by atoms with van der Waals surface area (Å²) in [5.74, 6) is 0. The van der Waals surface area contributed by atoms with E-state index < -0.39 is 0 Å². The third-order valence-electron chi connectivity index (χ3n) is 2.78. The van der Waals surface area contributed by atoms with Crippen LogP contribution in [0.15, 0.2) is 0 Å². The minimum Gasteiger partial charge on any atom is -0.395 e. The summed E-state index contributed by atoms with van der Waals surface area (Å²) in [4.78, 5) is 2.24. The Hall–Kier alpha value is -0.160. The fourth-order valence-corrected chi connectivity index (χ4v) is 2.06. The van der Waals surface area contributed by atoms with Crippen LogP contribution in [0.5, 0.6) is 0 Å². The molecule has 2 atom stereocenters. The fraction of sp³-hybridized carbons (Fsp3) is 1.00. The first-order valence-electron chi connectivity index (χ1n) is 5.90. The number of nitrogens with zero attached hydrogens (tertiary/aromatic N) is 1. The van der Waals surface area contributed by atoms with Crippen LogP contribution in [0, 0.1) is 0 Å². The van der Waals surface area contributed by atoms with Gasteiger partial charge in [0.25, 0.3) is 0 Å². The third kappa shape index (κ3) is 4.93. The van der Waals surface area contributed by atoms with Gasteiger partial charge in [-0.1, -0.05) is 6.92 Å². The first-order valence-corrected chi connectivity index (χ1v) is 5.90. The highest BCUT2D eigenvalue weighted by Crippen LogP contribution is 2.12. The molecule has 0 aromatic heterocycles. The first-order chi connectivity index (χ1) is 7.26. The molecule has 1 fully saturated rings. The van der Waals surface area contributed by atoms with Gasteiger partial charge in [0.1, 0.15) is 0 Å². The van der Waals surface area contributed by atoms with E-state index in [1.54, 1.807) is 0 Å². The Labute approximate surface area is 92.6 Å². The zero-order chi connectivity index (χ0) is 11.1. The Morgan fingerprint density at radius 2 is 2.40 bits per heavy atom. The topological polar surface area (TPSA) is 44.7 Å². The zero-order valence-electron chi connectivity index (χ0n) is 9.91. The maximum absolute atomic E-state index is 9.15. The van der Waals surface area contributed by atoms with Crippen molar-refractivity contribution < 1.29 is 9.84 Å². The highest BCUT2D eigenvalue weighted by molar-refractivity contribution is 4.73. The summed E-state index contributed by atoms with van der Waals surface area (Å²) in [6.45, 7) is 5.92. The van der Waals surface area contributed by atoms with E-state index >= 15 is 0 Å². The average molecular weight is 216 g/mol. The van der Waals surface area contributed by atoms with Gasteiger partial charge in [-0.3, -0.25) is 0 Å². The van der Waals surface area contributed by atoms with Crippen LogP contribution in [0.4, 0.5) is 0 Å². The Bertz CT molecular complexity index is 161. The summed E-state index contributed by atoms with van der Waals surface area (Å²) < 4.78 is 5.57. The van der Waals surface area contributed by atoms with Crippen molar-refractivity contribution in [2.24, 2.45) is 0 Å². The number of hydrogen-bond donors (Lipinski definition) is 2. The van der Waals surface area contributed by atoms with Crippen LogP contribution >= 0.6 is 0 Å². The summed E-state index contributed by atoms with van der Waals surface area (Å²) in [7, 11) is 2.08. The predicted octanol–water partition coefficient (Wildman–Crippen LogP) is 0.0676. The van der Waals surface area contributed by atoms with Gasteiger partial charge in [-0.2, -0.15) is 0 Å². The van der Waals surface area contributed by atoms with Crippen LogP contribution in [0.2, 0.25) is 0 Å². The molecule has 0 aromatic carbocycles. The molecule has 2 unspecified atom stereocenters. The molecule has 0 radical (unpaired) electrons. The van der Waals surface area contributed by atoms with Gasteiger partial charge in [-0.05, 0) is 26.4 Å². The minimum atomic E-state index is 0.182. The van der Waals surface area contributed by atoms with Crippen molar-refractivity contribution in [3.8, 4) is 0 Å². The first kappa shape index (κ1) is 12.9. The second-order valence-electron chi connectivity index (χ2n) is 4.29. The van der Waals surface area contributed by atoms with E-state index in [2.05, 4.69) is 24.2 Å². The van der Waals surface area contributed by atoms with Crippen LogP contribution in [0.1, 0.15) is 19.8 Å². The van der Waals surface area contributed by atoms with Gasteiger partial charge < -0.3 is 20.1 Å². The molecule has 1 saturated heterocycles. The molecule has 15 heavy (non-hydrogen) atoms. The van der Waals surface area contributed by atoms with E-state index in [1.807, 2.05) is 0 Å². The van der Waals surface area contributed by atoms with Gasteiger partial charge >= 0.3 is 0 Å². The van der Waals surface area contributed by atoms with Gasteiger partial charge in [0.15, 0.2) is 0 Å². The number of nitrogens with one attached hydrogen (secondary N) is 1. The average Bonchev–Trinajstić information content (AvgIpc) is 2.69. The lowest BCUT2D eigenvalue weighted by atomic mass is 10.2. The lowest BCUT2D eigenvalue weighted by Crippen LogP contribution is -2.43. The normalized spacial score (nSPS) is 23.6. The van der Waals surface area contributed by atoms with Crippen LogP contribution in [0.3, 0.4) is 0 Å². The smallest absolute Gasteiger partial charge is 0.0702 e. The van der Waals surface area contributed by atoms with Gasteiger partial charge in [0, 0.05) is 25.7 Å². The van der Waals surface area contributed by atoms with E-state index in [9.17, 15) is 0 Å². The summed E-state index contributed by atoms with van der Waals surface area (Å²) in [5.41, 5.74) is 0. The Kier molecular flexibility index (Phi) is 6.17. The van der Waals surface area contributed by atoms with Crippen molar-refractivity contribution in [2.75, 3.05) is 39.9 Å². The lowest BCUT2D eigenvalue weighted by molar-refractivity contribution is 0.0753. The highest BCUT2D eigenvalue weighted by atomic mass is 16.5. The molecule has 1 aliphatic heterocycles. The van der Waals surface area contributed by atoms with Crippen LogP contribution in [-0.4, -0.2) is 62.0 Å². The highest BCUT2D eigenvalue weighted by Gasteiger charge is 2.18. The fourth-order valence-electron chi connectivity index (χ4n) is 2.06. The number of hydrogen-bond acceptors (Lipinski definition) is 4. The number of likely N-dealkylation sites (N-methyl/N-ethyl adjacent to an activating group) is 2. The molecule has 0 aliphatic carbocycles. The Morgan fingerprint density at radius 1 is 1.60 bits per heavy atom. The van der Waals surface area contributed by atoms with Gasteiger partial charge in [0.05, 0.1) is 12.7 Å². The largest absolute Gasteiger partial charge is 0.395 e. The van der Waals surface area contributed by atoms with Crippen molar-refractivity contribution in [3.05, 3.63) is 0 Å². The predicted molar refractivity (Wildman–Crippen MR) is 61.0 cm³/mol. The minimum absolute atomic E-state index is 0.182. The van der Waals surface area contributed by atoms with E-state index in [0.717, 1.165) is 26.2 Å². The molecule has 1 heterocycles. The SMILES string of the molecule is CCNC(CO)CN(C)CC1CCCO1. The van der Waals surface area contributed by atoms with Gasteiger partial charge in [-0.15, -0.1) is 0 Å².